The summed E-state index contributed by atoms with van der Waals surface area (Å²) in [6.07, 6.45) is 4.90. The lowest BCUT2D eigenvalue weighted by atomic mass is 10.3. The van der Waals surface area contributed by atoms with Gasteiger partial charge in [-0.1, -0.05) is 0 Å². The lowest BCUT2D eigenvalue weighted by Gasteiger charge is -2.28. The van der Waals surface area contributed by atoms with Gasteiger partial charge in [-0.15, -0.1) is 0 Å². The Labute approximate surface area is 185 Å². The van der Waals surface area contributed by atoms with E-state index in [0.717, 1.165) is 91.6 Å². The second kappa shape index (κ2) is 19.4. The second-order valence-electron chi connectivity index (χ2n) is 8.60. The molecule has 8 heteroatoms. The van der Waals surface area contributed by atoms with Gasteiger partial charge in [0, 0.05) is 65.4 Å². The molecule has 8 nitrogen and oxygen atoms in total. The molecule has 0 bridgehead atoms. The lowest BCUT2D eigenvalue weighted by molar-refractivity contribution is 0.199. The van der Waals surface area contributed by atoms with Crippen molar-refractivity contribution in [2.75, 3.05) is 118 Å². The number of nitrogens with one attached hydrogen (secondary N) is 6. The predicted octanol–water partition coefficient (Wildman–Crippen LogP) is -1.28. The standard InChI is InChI=1S/C22H50N8/c1-5-23-11-13-25-9-3-17-29(19-15-27-7-1)21-22-30-18-4-10-26-14-12-24-6-2-8-28-16-20-30/h23-28H,1-22H2. The Bertz CT molecular complexity index is 309. The zero-order valence-electron chi connectivity index (χ0n) is 19.5. The van der Waals surface area contributed by atoms with Crippen LogP contribution in [0.25, 0.3) is 0 Å². The minimum Gasteiger partial charge on any atom is -0.315 e. The summed E-state index contributed by atoms with van der Waals surface area (Å²) in [6.45, 7) is 20.3. The zero-order chi connectivity index (χ0) is 21.0. The van der Waals surface area contributed by atoms with Gasteiger partial charge in [-0.25, -0.2) is 0 Å². The quantitative estimate of drug-likeness (QED) is 0.333. The van der Waals surface area contributed by atoms with Crippen molar-refractivity contribution < 1.29 is 0 Å². The van der Waals surface area contributed by atoms with Crippen molar-refractivity contribution in [2.45, 2.75) is 25.7 Å². The van der Waals surface area contributed by atoms with Crippen molar-refractivity contribution >= 4 is 0 Å². The molecule has 2 aliphatic heterocycles. The molecular formula is C22H50N8. The maximum atomic E-state index is 3.63. The number of hydrogen-bond acceptors (Lipinski definition) is 8. The monoisotopic (exact) mass is 426 g/mol. The molecule has 0 spiro atoms. The van der Waals surface area contributed by atoms with E-state index in [1.807, 2.05) is 0 Å². The Balaban J connectivity index is 1.71. The topological polar surface area (TPSA) is 78.7 Å². The molecule has 0 amide bonds. The molecule has 178 valence electrons. The molecular weight excluding hydrogens is 376 g/mol. The van der Waals surface area contributed by atoms with Gasteiger partial charge in [0.05, 0.1) is 0 Å². The molecule has 0 aromatic rings. The minimum absolute atomic E-state index is 1.08. The average Bonchev–Trinajstić information content (AvgIpc) is 2.76. The van der Waals surface area contributed by atoms with Gasteiger partial charge in [0.1, 0.15) is 0 Å². The van der Waals surface area contributed by atoms with E-state index in [4.69, 9.17) is 0 Å². The van der Waals surface area contributed by atoms with Gasteiger partial charge in [0.25, 0.3) is 0 Å². The summed E-state index contributed by atoms with van der Waals surface area (Å²) in [5.41, 5.74) is 0. The highest BCUT2D eigenvalue weighted by Gasteiger charge is 2.10. The summed E-state index contributed by atoms with van der Waals surface area (Å²) in [5.74, 6) is 0. The fraction of sp³-hybridized carbons (Fsp3) is 1.00. The summed E-state index contributed by atoms with van der Waals surface area (Å²) >= 11 is 0. The summed E-state index contributed by atoms with van der Waals surface area (Å²) in [5, 5.41) is 21.4. The smallest absolute Gasteiger partial charge is 0.0110 e. The Morgan fingerprint density at radius 3 is 1.07 bits per heavy atom. The van der Waals surface area contributed by atoms with Crippen LogP contribution in [0.2, 0.25) is 0 Å². The summed E-state index contributed by atoms with van der Waals surface area (Å²) in [6, 6.07) is 0. The fourth-order valence-corrected chi connectivity index (χ4v) is 4.06. The Hall–Kier alpha value is -0.320. The highest BCUT2D eigenvalue weighted by molar-refractivity contribution is 4.69. The summed E-state index contributed by atoms with van der Waals surface area (Å²) in [7, 11) is 0. The molecule has 0 radical (unpaired) electrons. The SMILES string of the molecule is C1CNCCNCCCN(CCN2CCCNCCNCCCNCC2)CCNC1. The third kappa shape index (κ3) is 14.6. The van der Waals surface area contributed by atoms with Gasteiger partial charge in [0.2, 0.25) is 0 Å². The molecule has 30 heavy (non-hydrogen) atoms. The molecule has 6 N–H and O–H groups in total. The van der Waals surface area contributed by atoms with Crippen molar-refractivity contribution in [3.05, 3.63) is 0 Å². The van der Waals surface area contributed by atoms with Crippen LogP contribution in [0.5, 0.6) is 0 Å². The molecule has 2 rings (SSSR count). The van der Waals surface area contributed by atoms with E-state index in [-0.39, 0.29) is 0 Å². The molecule has 0 aliphatic carbocycles. The number of nitrogens with zero attached hydrogens (tertiary/aromatic N) is 2. The first-order valence-electron chi connectivity index (χ1n) is 12.6. The van der Waals surface area contributed by atoms with Gasteiger partial charge in [-0.2, -0.15) is 0 Å². The highest BCUT2D eigenvalue weighted by Crippen LogP contribution is 1.97. The van der Waals surface area contributed by atoms with E-state index in [1.54, 1.807) is 0 Å². The average molecular weight is 427 g/mol. The first-order valence-corrected chi connectivity index (χ1v) is 12.6. The highest BCUT2D eigenvalue weighted by atomic mass is 15.2. The molecule has 0 aromatic carbocycles. The number of hydrogen-bond donors (Lipinski definition) is 6. The Kier molecular flexibility index (Phi) is 16.7. The maximum absolute atomic E-state index is 3.63. The van der Waals surface area contributed by atoms with Crippen LogP contribution in [0.4, 0.5) is 0 Å². The van der Waals surface area contributed by atoms with Gasteiger partial charge in [-0.3, -0.25) is 0 Å². The first kappa shape index (κ1) is 25.9. The maximum Gasteiger partial charge on any atom is 0.0110 e. The molecule has 0 unspecified atom stereocenters. The van der Waals surface area contributed by atoms with Crippen molar-refractivity contribution in [3.63, 3.8) is 0 Å². The van der Waals surface area contributed by atoms with Crippen molar-refractivity contribution in [1.82, 2.24) is 41.7 Å². The van der Waals surface area contributed by atoms with Gasteiger partial charge >= 0.3 is 0 Å². The van der Waals surface area contributed by atoms with E-state index in [1.165, 1.54) is 51.9 Å². The van der Waals surface area contributed by atoms with Crippen molar-refractivity contribution in [2.24, 2.45) is 0 Å². The summed E-state index contributed by atoms with van der Waals surface area (Å²) < 4.78 is 0. The van der Waals surface area contributed by atoms with Crippen molar-refractivity contribution in [3.8, 4) is 0 Å². The largest absolute Gasteiger partial charge is 0.315 e. The molecule has 2 heterocycles. The third-order valence-electron chi connectivity index (χ3n) is 5.97. The van der Waals surface area contributed by atoms with E-state index < -0.39 is 0 Å². The van der Waals surface area contributed by atoms with Crippen LogP contribution in [0.1, 0.15) is 25.7 Å². The van der Waals surface area contributed by atoms with Crippen molar-refractivity contribution in [1.29, 1.82) is 0 Å². The molecule has 2 fully saturated rings. The van der Waals surface area contributed by atoms with E-state index in [0.29, 0.717) is 0 Å². The Morgan fingerprint density at radius 1 is 0.333 bits per heavy atom. The molecule has 0 atom stereocenters. The lowest BCUT2D eigenvalue weighted by Crippen LogP contribution is -2.43. The summed E-state index contributed by atoms with van der Waals surface area (Å²) in [4.78, 5) is 5.34. The predicted molar refractivity (Wildman–Crippen MR) is 129 cm³/mol. The van der Waals surface area contributed by atoms with E-state index >= 15 is 0 Å². The van der Waals surface area contributed by atoms with Gasteiger partial charge < -0.3 is 41.7 Å². The minimum atomic E-state index is 1.08. The third-order valence-corrected chi connectivity index (χ3v) is 5.97. The second-order valence-corrected chi connectivity index (χ2v) is 8.60. The zero-order valence-corrected chi connectivity index (χ0v) is 19.5. The van der Waals surface area contributed by atoms with Crippen LogP contribution in [-0.2, 0) is 0 Å². The first-order chi connectivity index (χ1) is 14.9. The molecule has 0 saturated carbocycles. The van der Waals surface area contributed by atoms with Crippen LogP contribution in [0.3, 0.4) is 0 Å². The van der Waals surface area contributed by atoms with Crippen LogP contribution in [-0.4, -0.2) is 128 Å². The molecule has 2 aliphatic rings. The number of rotatable bonds is 3. The van der Waals surface area contributed by atoms with Crippen LogP contribution < -0.4 is 31.9 Å². The van der Waals surface area contributed by atoms with E-state index in [2.05, 4.69) is 41.7 Å². The van der Waals surface area contributed by atoms with Crippen LogP contribution in [0.15, 0.2) is 0 Å². The molecule has 2 saturated heterocycles. The normalized spacial score (nSPS) is 25.2. The molecule has 0 aromatic heterocycles. The fourth-order valence-electron chi connectivity index (χ4n) is 4.06. The van der Waals surface area contributed by atoms with Gasteiger partial charge in [0.15, 0.2) is 0 Å². The van der Waals surface area contributed by atoms with E-state index in [9.17, 15) is 0 Å². The Morgan fingerprint density at radius 2 is 0.667 bits per heavy atom. The van der Waals surface area contributed by atoms with Gasteiger partial charge in [-0.05, 0) is 78.0 Å². The van der Waals surface area contributed by atoms with Crippen LogP contribution in [0, 0.1) is 0 Å². The van der Waals surface area contributed by atoms with Crippen LogP contribution >= 0.6 is 0 Å².